The Balaban J connectivity index is 1.85. The molecule has 0 unspecified atom stereocenters. The molecular weight excluding hydrogens is 156 g/mol. The van der Waals surface area contributed by atoms with Gasteiger partial charge in [0, 0.05) is 30.9 Å². The summed E-state index contributed by atoms with van der Waals surface area (Å²) in [5.74, 6) is 2.70. The third kappa shape index (κ3) is 1.71. The fourth-order valence-corrected chi connectivity index (χ4v) is 3.21. The smallest absolute Gasteiger partial charge is 0.0194 e. The van der Waals surface area contributed by atoms with Gasteiger partial charge in [-0.3, -0.25) is 4.90 Å². The van der Waals surface area contributed by atoms with Gasteiger partial charge in [-0.05, 0) is 18.6 Å². The van der Waals surface area contributed by atoms with Crippen LogP contribution in [0.3, 0.4) is 0 Å². The second kappa shape index (κ2) is 3.33. The Morgan fingerprint density at radius 2 is 2.27 bits per heavy atom. The Kier molecular flexibility index (Phi) is 2.39. The van der Waals surface area contributed by atoms with E-state index in [-0.39, 0.29) is 0 Å². The highest BCUT2D eigenvalue weighted by molar-refractivity contribution is 7.99. The predicted molar refractivity (Wildman–Crippen MR) is 49.9 cm³/mol. The first-order valence-corrected chi connectivity index (χ1v) is 5.59. The van der Waals surface area contributed by atoms with E-state index in [1.54, 1.807) is 0 Å². The molecule has 2 rings (SSSR count). The summed E-state index contributed by atoms with van der Waals surface area (Å²) in [6.45, 7) is 2.39. The molecule has 3 heteroatoms. The van der Waals surface area contributed by atoms with Crippen LogP contribution in [0.25, 0.3) is 0 Å². The highest BCUT2D eigenvalue weighted by atomic mass is 32.2. The molecule has 0 bridgehead atoms. The minimum atomic E-state index is 0.459. The normalized spacial score (nSPS) is 40.1. The average Bonchev–Trinajstić information content (AvgIpc) is 2.55. The van der Waals surface area contributed by atoms with Crippen molar-refractivity contribution < 1.29 is 0 Å². The van der Waals surface area contributed by atoms with Gasteiger partial charge in [-0.1, -0.05) is 0 Å². The Labute approximate surface area is 72.5 Å². The average molecular weight is 172 g/mol. The van der Waals surface area contributed by atoms with Crippen molar-refractivity contribution in [2.75, 3.05) is 24.6 Å². The quantitative estimate of drug-likeness (QED) is 0.625. The lowest BCUT2D eigenvalue weighted by Gasteiger charge is -2.22. The topological polar surface area (TPSA) is 29.3 Å². The molecule has 2 saturated heterocycles. The Bertz CT molecular complexity index is 134. The predicted octanol–water partition coefficient (Wildman–Crippen LogP) is 0.525. The lowest BCUT2D eigenvalue weighted by molar-refractivity contribution is 0.261. The number of nitrogens with zero attached hydrogens (tertiary/aromatic N) is 1. The van der Waals surface area contributed by atoms with Crippen LogP contribution in [0.1, 0.15) is 12.8 Å². The molecule has 0 aromatic heterocycles. The van der Waals surface area contributed by atoms with Crippen molar-refractivity contribution in [2.24, 2.45) is 5.73 Å². The maximum Gasteiger partial charge on any atom is 0.0194 e. The monoisotopic (exact) mass is 172 g/mol. The summed E-state index contributed by atoms with van der Waals surface area (Å²) in [7, 11) is 0. The molecule has 0 aliphatic carbocycles. The Morgan fingerprint density at radius 1 is 1.36 bits per heavy atom. The third-order valence-electron chi connectivity index (χ3n) is 2.68. The molecule has 2 N–H and O–H groups in total. The molecule has 2 fully saturated rings. The summed E-state index contributed by atoms with van der Waals surface area (Å²) < 4.78 is 0. The largest absolute Gasteiger partial charge is 0.326 e. The van der Waals surface area contributed by atoms with Crippen LogP contribution in [-0.4, -0.2) is 41.6 Å². The summed E-state index contributed by atoms with van der Waals surface area (Å²) in [5, 5.41) is 0. The van der Waals surface area contributed by atoms with Crippen LogP contribution >= 0.6 is 11.8 Å². The van der Waals surface area contributed by atoms with E-state index in [0.717, 1.165) is 12.6 Å². The van der Waals surface area contributed by atoms with Gasteiger partial charge in [0.25, 0.3) is 0 Å². The Morgan fingerprint density at radius 3 is 2.82 bits per heavy atom. The van der Waals surface area contributed by atoms with Gasteiger partial charge in [-0.2, -0.15) is 11.8 Å². The lowest BCUT2D eigenvalue weighted by Crippen LogP contribution is -2.35. The van der Waals surface area contributed by atoms with Gasteiger partial charge in [0.15, 0.2) is 0 Å². The molecule has 64 valence electrons. The zero-order chi connectivity index (χ0) is 7.68. The lowest BCUT2D eigenvalue weighted by atomic mass is 10.2. The second-order valence-electron chi connectivity index (χ2n) is 3.56. The number of rotatable bonds is 1. The zero-order valence-corrected chi connectivity index (χ0v) is 7.65. The van der Waals surface area contributed by atoms with E-state index in [4.69, 9.17) is 5.73 Å². The van der Waals surface area contributed by atoms with E-state index in [2.05, 4.69) is 16.7 Å². The van der Waals surface area contributed by atoms with Crippen LogP contribution < -0.4 is 5.73 Å². The molecule has 0 aromatic rings. The molecule has 0 aromatic carbocycles. The zero-order valence-electron chi connectivity index (χ0n) is 6.83. The van der Waals surface area contributed by atoms with Crippen LogP contribution in [0.2, 0.25) is 0 Å². The first-order valence-electron chi connectivity index (χ1n) is 4.43. The number of hydrogen-bond donors (Lipinski definition) is 1. The molecule has 0 amide bonds. The summed E-state index contributed by atoms with van der Waals surface area (Å²) in [4.78, 5) is 2.57. The number of likely N-dealkylation sites (tertiary alicyclic amines) is 1. The molecule has 2 atom stereocenters. The van der Waals surface area contributed by atoms with Gasteiger partial charge < -0.3 is 5.73 Å². The summed E-state index contributed by atoms with van der Waals surface area (Å²) in [6.07, 6.45) is 2.60. The minimum Gasteiger partial charge on any atom is -0.326 e. The van der Waals surface area contributed by atoms with Crippen molar-refractivity contribution in [2.45, 2.75) is 24.9 Å². The summed E-state index contributed by atoms with van der Waals surface area (Å²) >= 11 is 2.09. The van der Waals surface area contributed by atoms with Crippen molar-refractivity contribution >= 4 is 11.8 Å². The van der Waals surface area contributed by atoms with Gasteiger partial charge >= 0.3 is 0 Å². The van der Waals surface area contributed by atoms with E-state index in [9.17, 15) is 0 Å². The van der Waals surface area contributed by atoms with Crippen molar-refractivity contribution in [3.63, 3.8) is 0 Å². The van der Waals surface area contributed by atoms with Crippen molar-refractivity contribution in [1.29, 1.82) is 0 Å². The van der Waals surface area contributed by atoms with Gasteiger partial charge in [0.1, 0.15) is 0 Å². The third-order valence-corrected chi connectivity index (χ3v) is 3.82. The molecule has 0 radical (unpaired) electrons. The first-order chi connectivity index (χ1) is 5.36. The highest BCUT2D eigenvalue weighted by Gasteiger charge is 2.28. The van der Waals surface area contributed by atoms with E-state index in [1.165, 1.54) is 30.9 Å². The van der Waals surface area contributed by atoms with Crippen LogP contribution in [0.4, 0.5) is 0 Å². The van der Waals surface area contributed by atoms with E-state index in [0.29, 0.717) is 6.04 Å². The Hall–Kier alpha value is 0.270. The molecule has 2 nitrogen and oxygen atoms in total. The molecule has 2 aliphatic heterocycles. The maximum absolute atomic E-state index is 5.84. The van der Waals surface area contributed by atoms with E-state index >= 15 is 0 Å². The van der Waals surface area contributed by atoms with Gasteiger partial charge in [-0.25, -0.2) is 0 Å². The van der Waals surface area contributed by atoms with Gasteiger partial charge in [0.05, 0.1) is 0 Å². The molecular formula is C8H16N2S. The standard InChI is InChI=1S/C8H16N2S/c9-7-1-3-10(5-7)8-2-4-11-6-8/h7-8H,1-6,9H2/t7-,8-/m1/s1. The maximum atomic E-state index is 5.84. The van der Waals surface area contributed by atoms with Gasteiger partial charge in [0.2, 0.25) is 0 Å². The van der Waals surface area contributed by atoms with Crippen LogP contribution in [0.5, 0.6) is 0 Å². The summed E-state index contributed by atoms with van der Waals surface area (Å²) in [5.41, 5.74) is 5.84. The highest BCUT2D eigenvalue weighted by Crippen LogP contribution is 2.24. The minimum absolute atomic E-state index is 0.459. The number of thioether (sulfide) groups is 1. The first kappa shape index (κ1) is 7.90. The molecule has 0 saturated carbocycles. The SMILES string of the molecule is N[C@@H]1CCN([C@@H]2CCSC2)C1. The molecule has 0 spiro atoms. The van der Waals surface area contributed by atoms with Crippen molar-refractivity contribution in [3.8, 4) is 0 Å². The molecule has 11 heavy (non-hydrogen) atoms. The van der Waals surface area contributed by atoms with Crippen molar-refractivity contribution in [3.05, 3.63) is 0 Å². The second-order valence-corrected chi connectivity index (χ2v) is 4.71. The number of nitrogens with two attached hydrogens (primary N) is 1. The van der Waals surface area contributed by atoms with Gasteiger partial charge in [-0.15, -0.1) is 0 Å². The van der Waals surface area contributed by atoms with Crippen molar-refractivity contribution in [1.82, 2.24) is 4.90 Å². The fourth-order valence-electron chi connectivity index (χ4n) is 1.96. The number of hydrogen-bond acceptors (Lipinski definition) is 3. The van der Waals surface area contributed by atoms with Crippen LogP contribution in [0, 0.1) is 0 Å². The van der Waals surface area contributed by atoms with E-state index in [1.807, 2.05) is 0 Å². The molecule has 2 aliphatic rings. The van der Waals surface area contributed by atoms with Crippen LogP contribution in [-0.2, 0) is 0 Å². The fraction of sp³-hybridized carbons (Fsp3) is 1.00. The summed E-state index contributed by atoms with van der Waals surface area (Å²) in [6, 6.07) is 1.31. The molecule has 2 heterocycles. The van der Waals surface area contributed by atoms with E-state index < -0.39 is 0 Å². The van der Waals surface area contributed by atoms with Crippen LogP contribution in [0.15, 0.2) is 0 Å².